The highest BCUT2D eigenvalue weighted by molar-refractivity contribution is 14.1. The maximum atomic E-state index is 13.5. The van der Waals surface area contributed by atoms with Gasteiger partial charge < -0.3 is 9.84 Å². The number of rotatable bonds is 4. The molecule has 4 bridgehead atoms. The molecule has 2 N–H and O–H groups in total. The van der Waals surface area contributed by atoms with E-state index in [1.54, 1.807) is 12.1 Å². The number of amides is 4. The molecule has 1 aromatic carbocycles. The third kappa shape index (κ3) is 3.41. The molecule has 4 amide bonds. The van der Waals surface area contributed by atoms with Crippen molar-refractivity contribution in [3.8, 4) is 11.5 Å². The number of benzene rings is 1. The third-order valence-corrected chi connectivity index (χ3v) is 8.90. The lowest BCUT2D eigenvalue weighted by Gasteiger charge is -2.60. The molecule has 5 aliphatic rings. The number of barbiturate groups is 1. The molecule has 0 spiro atoms. The second kappa shape index (κ2) is 7.74. The fourth-order valence-electron chi connectivity index (χ4n) is 6.99. The number of aromatic hydroxyl groups is 1. The SMILES string of the molecule is COc1cc(/C=C2\C(=O)NC(=O)N(C(C)C34CC5CC(CC(C5)C3)C4)C2=O)cc(I)c1O. The predicted molar refractivity (Wildman–Crippen MR) is 126 cm³/mol. The number of hydrogen-bond acceptors (Lipinski definition) is 5. The first kappa shape index (κ1) is 21.7. The van der Waals surface area contributed by atoms with Gasteiger partial charge in [0.15, 0.2) is 11.5 Å². The number of carbonyl (C=O) groups excluding carboxylic acids is 3. The Labute approximate surface area is 200 Å². The predicted octanol–water partition coefficient (Wildman–Crippen LogP) is 4.07. The van der Waals surface area contributed by atoms with Crippen LogP contribution in [0, 0.1) is 26.7 Å². The normalized spacial score (nSPS) is 33.6. The molecule has 7 nitrogen and oxygen atoms in total. The van der Waals surface area contributed by atoms with Crippen LogP contribution in [0.2, 0.25) is 0 Å². The lowest BCUT2D eigenvalue weighted by molar-refractivity contribution is -0.139. The first-order valence-electron chi connectivity index (χ1n) is 11.2. The van der Waals surface area contributed by atoms with Crippen LogP contribution in [0.4, 0.5) is 4.79 Å². The highest BCUT2D eigenvalue weighted by atomic mass is 127. The number of methoxy groups -OCH3 is 1. The molecule has 1 atom stereocenters. The molecular formula is C24H27IN2O5. The van der Waals surface area contributed by atoms with Crippen molar-refractivity contribution in [3.63, 3.8) is 0 Å². The minimum Gasteiger partial charge on any atom is -0.504 e. The van der Waals surface area contributed by atoms with Crippen LogP contribution < -0.4 is 10.1 Å². The van der Waals surface area contributed by atoms with E-state index in [1.807, 2.05) is 29.5 Å². The van der Waals surface area contributed by atoms with Gasteiger partial charge in [-0.1, -0.05) is 0 Å². The Bertz CT molecular complexity index is 1010. The molecule has 4 saturated carbocycles. The molecule has 170 valence electrons. The minimum atomic E-state index is -0.698. The number of carbonyl (C=O) groups is 3. The van der Waals surface area contributed by atoms with E-state index in [-0.39, 0.29) is 28.5 Å². The van der Waals surface area contributed by atoms with E-state index in [4.69, 9.17) is 4.74 Å². The van der Waals surface area contributed by atoms with Crippen LogP contribution in [-0.4, -0.2) is 41.0 Å². The summed E-state index contributed by atoms with van der Waals surface area (Å²) in [6.07, 6.45) is 8.45. The Morgan fingerprint density at radius 3 is 2.31 bits per heavy atom. The van der Waals surface area contributed by atoms with Gasteiger partial charge in [-0.2, -0.15) is 0 Å². The van der Waals surface area contributed by atoms with Gasteiger partial charge in [0.05, 0.1) is 10.7 Å². The summed E-state index contributed by atoms with van der Waals surface area (Å²) in [6.45, 7) is 1.98. The van der Waals surface area contributed by atoms with Crippen molar-refractivity contribution in [1.82, 2.24) is 10.2 Å². The number of nitrogens with one attached hydrogen (secondary N) is 1. The zero-order valence-electron chi connectivity index (χ0n) is 18.2. The average molecular weight is 550 g/mol. The number of halogens is 1. The second-order valence-electron chi connectivity index (χ2n) is 10.0. The molecule has 1 heterocycles. The largest absolute Gasteiger partial charge is 0.504 e. The fraction of sp³-hybridized carbons (Fsp3) is 0.542. The van der Waals surface area contributed by atoms with Crippen molar-refractivity contribution in [2.45, 2.75) is 51.5 Å². The van der Waals surface area contributed by atoms with Crippen LogP contribution in [0.15, 0.2) is 17.7 Å². The number of phenols is 1. The van der Waals surface area contributed by atoms with Crippen molar-refractivity contribution in [1.29, 1.82) is 0 Å². The molecule has 1 saturated heterocycles. The van der Waals surface area contributed by atoms with Crippen molar-refractivity contribution in [2.24, 2.45) is 23.2 Å². The van der Waals surface area contributed by atoms with E-state index >= 15 is 0 Å². The number of urea groups is 1. The van der Waals surface area contributed by atoms with Crippen LogP contribution in [0.3, 0.4) is 0 Å². The van der Waals surface area contributed by atoms with Gasteiger partial charge in [-0.3, -0.25) is 19.8 Å². The Kier molecular flexibility index (Phi) is 5.26. The van der Waals surface area contributed by atoms with Gasteiger partial charge in [0.2, 0.25) is 0 Å². The number of nitrogens with zero attached hydrogens (tertiary/aromatic N) is 1. The van der Waals surface area contributed by atoms with Gasteiger partial charge in [0.1, 0.15) is 5.57 Å². The van der Waals surface area contributed by atoms with E-state index in [2.05, 4.69) is 5.32 Å². The second-order valence-corrected chi connectivity index (χ2v) is 11.2. The smallest absolute Gasteiger partial charge is 0.331 e. The van der Waals surface area contributed by atoms with Crippen LogP contribution in [0.25, 0.3) is 6.08 Å². The molecule has 4 aliphatic carbocycles. The van der Waals surface area contributed by atoms with Crippen molar-refractivity contribution >= 4 is 46.5 Å². The Hall–Kier alpha value is -2.10. The summed E-state index contributed by atoms with van der Waals surface area (Å²) in [6, 6.07) is 2.33. The lowest BCUT2D eigenvalue weighted by atomic mass is 9.47. The number of phenolic OH excluding ortho intramolecular Hbond substituents is 1. The summed E-state index contributed by atoms with van der Waals surface area (Å²) in [5.41, 5.74) is 0.411. The van der Waals surface area contributed by atoms with E-state index in [0.29, 0.717) is 26.9 Å². The lowest BCUT2D eigenvalue weighted by Crippen LogP contribution is -2.63. The van der Waals surface area contributed by atoms with Crippen LogP contribution in [0.5, 0.6) is 11.5 Å². The van der Waals surface area contributed by atoms with Crippen LogP contribution in [-0.2, 0) is 9.59 Å². The molecule has 32 heavy (non-hydrogen) atoms. The third-order valence-electron chi connectivity index (χ3n) is 8.07. The number of imide groups is 2. The summed E-state index contributed by atoms with van der Waals surface area (Å²) >= 11 is 1.96. The quantitative estimate of drug-likeness (QED) is 0.335. The Morgan fingerprint density at radius 2 is 1.75 bits per heavy atom. The molecule has 6 rings (SSSR count). The maximum Gasteiger partial charge on any atom is 0.331 e. The zero-order chi connectivity index (χ0) is 22.8. The van der Waals surface area contributed by atoms with Crippen LogP contribution >= 0.6 is 22.6 Å². The van der Waals surface area contributed by atoms with Gasteiger partial charge in [-0.05, 0) is 115 Å². The minimum absolute atomic E-state index is 0.00177. The monoisotopic (exact) mass is 550 g/mol. The summed E-state index contributed by atoms with van der Waals surface area (Å²) in [4.78, 5) is 40.2. The maximum absolute atomic E-state index is 13.5. The highest BCUT2D eigenvalue weighted by Gasteiger charge is 2.56. The molecule has 0 aromatic heterocycles. The molecular weight excluding hydrogens is 523 g/mol. The molecule has 8 heteroatoms. The highest BCUT2D eigenvalue weighted by Crippen LogP contribution is 2.62. The summed E-state index contributed by atoms with van der Waals surface area (Å²) < 4.78 is 5.72. The van der Waals surface area contributed by atoms with Gasteiger partial charge >= 0.3 is 6.03 Å². The average Bonchev–Trinajstić information content (AvgIpc) is 2.72. The van der Waals surface area contributed by atoms with E-state index in [1.165, 1.54) is 37.3 Å². The first-order chi connectivity index (χ1) is 15.2. The number of hydrogen-bond donors (Lipinski definition) is 2. The summed E-state index contributed by atoms with van der Waals surface area (Å²) in [7, 11) is 1.44. The molecule has 1 aromatic rings. The van der Waals surface area contributed by atoms with E-state index in [9.17, 15) is 19.5 Å². The Morgan fingerprint density at radius 1 is 1.16 bits per heavy atom. The van der Waals surface area contributed by atoms with Gasteiger partial charge in [-0.25, -0.2) is 4.79 Å². The molecule has 1 aliphatic heterocycles. The standard InChI is InChI=1S/C24H27IN2O5/c1-12(24-9-14-3-15(10-24)5-16(4-14)11-24)27-22(30)17(21(29)26-23(27)31)6-13-7-18(25)20(28)19(8-13)32-2/h6-8,12,14-16,28H,3-5,9-11H2,1-2H3,(H,26,29,31)/b17-6+. The van der Waals surface area contributed by atoms with Crippen molar-refractivity contribution < 1.29 is 24.2 Å². The number of ether oxygens (including phenoxy) is 1. The van der Waals surface area contributed by atoms with Gasteiger partial charge in [0.25, 0.3) is 11.8 Å². The topological polar surface area (TPSA) is 95.9 Å². The van der Waals surface area contributed by atoms with E-state index in [0.717, 1.165) is 19.3 Å². The van der Waals surface area contributed by atoms with Crippen molar-refractivity contribution in [3.05, 3.63) is 26.8 Å². The summed E-state index contributed by atoms with van der Waals surface area (Å²) in [5.74, 6) is 1.07. The Balaban J connectivity index is 1.48. The molecule has 5 fully saturated rings. The van der Waals surface area contributed by atoms with Crippen molar-refractivity contribution in [2.75, 3.05) is 7.11 Å². The molecule has 1 unspecified atom stereocenters. The van der Waals surface area contributed by atoms with Gasteiger partial charge in [-0.15, -0.1) is 0 Å². The first-order valence-corrected chi connectivity index (χ1v) is 12.3. The fourth-order valence-corrected chi connectivity index (χ4v) is 7.61. The van der Waals surface area contributed by atoms with E-state index < -0.39 is 17.8 Å². The van der Waals surface area contributed by atoms with Gasteiger partial charge in [0, 0.05) is 6.04 Å². The van der Waals surface area contributed by atoms with Crippen LogP contribution in [0.1, 0.15) is 51.0 Å². The zero-order valence-corrected chi connectivity index (χ0v) is 20.3. The molecule has 0 radical (unpaired) electrons. The summed E-state index contributed by atoms with van der Waals surface area (Å²) in [5, 5.41) is 12.5.